The van der Waals surface area contributed by atoms with E-state index in [4.69, 9.17) is 22.7 Å². The molecule has 0 aliphatic carbocycles. The molecule has 0 heterocycles. The molecule has 0 saturated heterocycles. The maximum absolute atomic E-state index is 5.85. The third kappa shape index (κ3) is 3.19. The molecule has 0 radical (unpaired) electrons. The highest BCUT2D eigenvalue weighted by molar-refractivity contribution is 9.10. The van der Waals surface area contributed by atoms with E-state index in [0.717, 1.165) is 15.8 Å². The Morgan fingerprint density at radius 1 is 1.38 bits per heavy atom. The molecule has 1 aromatic rings. The molecule has 1 aromatic carbocycles. The van der Waals surface area contributed by atoms with Gasteiger partial charge >= 0.3 is 0 Å². The van der Waals surface area contributed by atoms with Crippen molar-refractivity contribution in [2.24, 2.45) is 11.7 Å². The molecule has 2 N–H and O–H groups in total. The molecular weight excluding hydrogens is 286 g/mol. The Labute approximate surface area is 110 Å². The smallest absolute Gasteiger partial charge is 0.131 e. The number of thiocarbonyl (C=S) groups is 1. The molecule has 1 atom stereocenters. The van der Waals surface area contributed by atoms with E-state index in [1.165, 1.54) is 0 Å². The lowest BCUT2D eigenvalue weighted by atomic mass is 10.1. The summed E-state index contributed by atoms with van der Waals surface area (Å²) >= 11 is 8.45. The van der Waals surface area contributed by atoms with Crippen LogP contribution in [0.5, 0.6) is 5.75 Å². The second kappa shape index (κ2) is 5.64. The summed E-state index contributed by atoms with van der Waals surface area (Å²) in [6, 6.07) is 5.70. The van der Waals surface area contributed by atoms with Crippen LogP contribution in [0, 0.1) is 5.92 Å². The Kier molecular flexibility index (Phi) is 4.74. The second-order valence-corrected chi connectivity index (χ2v) is 5.34. The summed E-state index contributed by atoms with van der Waals surface area (Å²) in [5, 5.41) is 0. The van der Waals surface area contributed by atoms with Crippen molar-refractivity contribution in [3.63, 3.8) is 0 Å². The summed E-state index contributed by atoms with van der Waals surface area (Å²) in [7, 11) is 0. The molecule has 1 unspecified atom stereocenters. The number of nitrogens with two attached hydrogens (primary N) is 1. The van der Waals surface area contributed by atoms with Gasteiger partial charge in [0.25, 0.3) is 0 Å². The second-order valence-electron chi connectivity index (χ2n) is 4.04. The molecule has 0 aliphatic heterocycles. The molecule has 0 bridgehead atoms. The zero-order valence-corrected chi connectivity index (χ0v) is 12.1. The van der Waals surface area contributed by atoms with E-state index in [-0.39, 0.29) is 6.10 Å². The maximum Gasteiger partial charge on any atom is 0.131 e. The molecule has 0 spiro atoms. The van der Waals surface area contributed by atoms with Crippen molar-refractivity contribution in [1.82, 2.24) is 0 Å². The van der Waals surface area contributed by atoms with Gasteiger partial charge in [0.1, 0.15) is 10.7 Å². The highest BCUT2D eigenvalue weighted by Gasteiger charge is 2.15. The molecule has 16 heavy (non-hydrogen) atoms. The zero-order valence-electron chi connectivity index (χ0n) is 9.66. The van der Waals surface area contributed by atoms with Gasteiger partial charge < -0.3 is 10.5 Å². The fourth-order valence-corrected chi connectivity index (χ4v) is 2.08. The first kappa shape index (κ1) is 13.5. The van der Waals surface area contributed by atoms with Gasteiger partial charge in [-0.25, -0.2) is 0 Å². The summed E-state index contributed by atoms with van der Waals surface area (Å²) in [6.07, 6.45) is 0.127. The van der Waals surface area contributed by atoms with Gasteiger partial charge in [0.05, 0.1) is 11.7 Å². The standard InChI is InChI=1S/C12H16BrNOS/c1-7(2)8(3)15-10-6-4-5-9(13)11(10)12(14)16/h4-8H,1-3H3,(H2,14,16). The molecule has 2 nitrogen and oxygen atoms in total. The van der Waals surface area contributed by atoms with Crippen molar-refractivity contribution in [2.75, 3.05) is 0 Å². The third-order valence-corrected chi connectivity index (χ3v) is 3.34. The maximum atomic E-state index is 5.85. The predicted molar refractivity (Wildman–Crippen MR) is 75.0 cm³/mol. The van der Waals surface area contributed by atoms with Crippen LogP contribution in [0.3, 0.4) is 0 Å². The fourth-order valence-electron chi connectivity index (χ4n) is 1.18. The van der Waals surface area contributed by atoms with Gasteiger partial charge in [-0.1, -0.05) is 32.1 Å². The number of hydrogen-bond donors (Lipinski definition) is 1. The number of hydrogen-bond acceptors (Lipinski definition) is 2. The monoisotopic (exact) mass is 301 g/mol. The average molecular weight is 302 g/mol. The first-order valence-corrected chi connectivity index (χ1v) is 6.38. The van der Waals surface area contributed by atoms with E-state index in [0.29, 0.717) is 10.9 Å². The Bertz CT molecular complexity index is 393. The third-order valence-electron chi connectivity index (χ3n) is 2.47. The number of rotatable bonds is 4. The van der Waals surface area contributed by atoms with E-state index in [9.17, 15) is 0 Å². The van der Waals surface area contributed by atoms with Crippen molar-refractivity contribution in [2.45, 2.75) is 26.9 Å². The van der Waals surface area contributed by atoms with Crippen LogP contribution in [-0.4, -0.2) is 11.1 Å². The van der Waals surface area contributed by atoms with Crippen LogP contribution in [0.4, 0.5) is 0 Å². The first-order chi connectivity index (χ1) is 7.43. The largest absolute Gasteiger partial charge is 0.490 e. The van der Waals surface area contributed by atoms with Crippen LogP contribution in [-0.2, 0) is 0 Å². The summed E-state index contributed by atoms with van der Waals surface area (Å²) in [4.78, 5) is 0.346. The first-order valence-electron chi connectivity index (χ1n) is 5.18. The Hall–Kier alpha value is -0.610. The molecule has 0 amide bonds. The summed E-state index contributed by atoms with van der Waals surface area (Å²) in [5.74, 6) is 1.18. The van der Waals surface area contributed by atoms with Crippen LogP contribution in [0.1, 0.15) is 26.3 Å². The van der Waals surface area contributed by atoms with Crippen molar-refractivity contribution in [3.8, 4) is 5.75 Å². The van der Waals surface area contributed by atoms with Gasteiger partial charge in [-0.3, -0.25) is 0 Å². The topological polar surface area (TPSA) is 35.2 Å². The van der Waals surface area contributed by atoms with E-state index in [2.05, 4.69) is 29.8 Å². The van der Waals surface area contributed by atoms with Crippen molar-refractivity contribution < 1.29 is 4.74 Å². The Morgan fingerprint density at radius 3 is 2.50 bits per heavy atom. The molecule has 0 fully saturated rings. The van der Waals surface area contributed by atoms with Crippen LogP contribution >= 0.6 is 28.1 Å². The molecule has 88 valence electrons. The van der Waals surface area contributed by atoms with Gasteiger partial charge in [0, 0.05) is 4.47 Å². The molecule has 0 saturated carbocycles. The normalized spacial score (nSPS) is 12.6. The van der Waals surface area contributed by atoms with Crippen molar-refractivity contribution in [1.29, 1.82) is 0 Å². The molecule has 0 aliphatic rings. The molecule has 4 heteroatoms. The van der Waals surface area contributed by atoms with E-state index < -0.39 is 0 Å². The van der Waals surface area contributed by atoms with E-state index >= 15 is 0 Å². The molecule has 0 aromatic heterocycles. The van der Waals surface area contributed by atoms with Crippen LogP contribution < -0.4 is 10.5 Å². The average Bonchev–Trinajstić information content (AvgIpc) is 2.16. The number of ether oxygens (including phenoxy) is 1. The number of halogens is 1. The van der Waals surface area contributed by atoms with Crippen molar-refractivity contribution in [3.05, 3.63) is 28.2 Å². The lowest BCUT2D eigenvalue weighted by Gasteiger charge is -2.20. The summed E-state index contributed by atoms with van der Waals surface area (Å²) in [5.41, 5.74) is 6.46. The van der Waals surface area contributed by atoms with E-state index in [1.54, 1.807) is 0 Å². The molecular formula is C12H16BrNOS. The van der Waals surface area contributed by atoms with Crippen molar-refractivity contribution >= 4 is 33.1 Å². The highest BCUT2D eigenvalue weighted by Crippen LogP contribution is 2.28. The highest BCUT2D eigenvalue weighted by atomic mass is 79.9. The number of benzene rings is 1. The minimum absolute atomic E-state index is 0.127. The van der Waals surface area contributed by atoms with Gasteiger partial charge in [0.2, 0.25) is 0 Å². The summed E-state index contributed by atoms with van der Waals surface area (Å²) in [6.45, 7) is 6.26. The van der Waals surface area contributed by atoms with Crippen LogP contribution in [0.2, 0.25) is 0 Å². The zero-order chi connectivity index (χ0) is 12.3. The fraction of sp³-hybridized carbons (Fsp3) is 0.417. The minimum Gasteiger partial charge on any atom is -0.490 e. The van der Waals surface area contributed by atoms with Gasteiger partial charge in [-0.15, -0.1) is 0 Å². The Morgan fingerprint density at radius 2 is 2.00 bits per heavy atom. The van der Waals surface area contributed by atoms with Crippen LogP contribution in [0.15, 0.2) is 22.7 Å². The quantitative estimate of drug-likeness (QED) is 0.865. The minimum atomic E-state index is 0.127. The van der Waals surface area contributed by atoms with Crippen LogP contribution in [0.25, 0.3) is 0 Å². The SMILES string of the molecule is CC(C)C(C)Oc1cccc(Br)c1C(N)=S. The van der Waals surface area contributed by atoms with Gasteiger partial charge in [-0.05, 0) is 40.9 Å². The van der Waals surface area contributed by atoms with E-state index in [1.807, 2.05) is 25.1 Å². The lowest BCUT2D eigenvalue weighted by Crippen LogP contribution is -2.21. The molecule has 1 rings (SSSR count). The lowest BCUT2D eigenvalue weighted by molar-refractivity contribution is 0.170. The summed E-state index contributed by atoms with van der Waals surface area (Å²) < 4.78 is 6.72. The van der Waals surface area contributed by atoms with Gasteiger partial charge in [0.15, 0.2) is 0 Å². The predicted octanol–water partition coefficient (Wildman–Crippen LogP) is 3.51. The Balaban J connectivity index is 3.04. The van der Waals surface area contributed by atoms with Gasteiger partial charge in [-0.2, -0.15) is 0 Å².